The summed E-state index contributed by atoms with van der Waals surface area (Å²) in [6.07, 6.45) is 0.803. The van der Waals surface area contributed by atoms with Crippen molar-refractivity contribution in [1.82, 2.24) is 5.32 Å². The average Bonchev–Trinajstić information content (AvgIpc) is 2.61. The fourth-order valence-corrected chi connectivity index (χ4v) is 3.90. The molecule has 2 aromatic rings. The molecule has 0 aromatic heterocycles. The van der Waals surface area contributed by atoms with Crippen molar-refractivity contribution in [3.63, 3.8) is 0 Å². The Hall–Kier alpha value is -2.05. The van der Waals surface area contributed by atoms with E-state index in [9.17, 15) is 13.2 Å². The zero-order valence-corrected chi connectivity index (χ0v) is 17.8. The third kappa shape index (κ3) is 4.82. The number of hydrogen-bond acceptors (Lipinski definition) is 3. The maximum atomic E-state index is 12.8. The first kappa shape index (κ1) is 21.3. The van der Waals surface area contributed by atoms with Gasteiger partial charge in [0, 0.05) is 23.2 Å². The Morgan fingerprint density at radius 1 is 1.15 bits per heavy atom. The van der Waals surface area contributed by atoms with Crippen molar-refractivity contribution in [2.24, 2.45) is 0 Å². The Bertz CT molecular complexity index is 938. The summed E-state index contributed by atoms with van der Waals surface area (Å²) in [5, 5.41) is 3.45. The van der Waals surface area contributed by atoms with E-state index in [1.54, 1.807) is 25.1 Å². The number of nitrogens with zero attached hydrogens (tertiary/aromatic N) is 1. The molecule has 0 saturated heterocycles. The van der Waals surface area contributed by atoms with Gasteiger partial charge in [-0.2, -0.15) is 0 Å². The standard InChI is InChI=1S/C20H25ClN2O3S/c1-6-20(3,4)22-19(24)15-7-12-18(14(2)13-15)23(5)27(25,26)17-10-8-16(21)9-11-17/h7-13H,6H2,1-5H3,(H,22,24). The number of benzene rings is 2. The average molecular weight is 409 g/mol. The molecule has 1 N–H and O–H groups in total. The maximum Gasteiger partial charge on any atom is 0.264 e. The van der Waals surface area contributed by atoms with Gasteiger partial charge in [0.1, 0.15) is 0 Å². The highest BCUT2D eigenvalue weighted by Crippen LogP contribution is 2.27. The van der Waals surface area contributed by atoms with Crippen LogP contribution in [0.25, 0.3) is 0 Å². The SMILES string of the molecule is CCC(C)(C)NC(=O)c1ccc(N(C)S(=O)(=O)c2ccc(Cl)cc2)c(C)c1. The number of carbonyl (C=O) groups excluding carboxylic acids is 1. The molecule has 0 atom stereocenters. The lowest BCUT2D eigenvalue weighted by Crippen LogP contribution is -2.42. The van der Waals surface area contributed by atoms with Gasteiger partial charge in [-0.25, -0.2) is 8.42 Å². The van der Waals surface area contributed by atoms with Gasteiger partial charge >= 0.3 is 0 Å². The van der Waals surface area contributed by atoms with Crippen molar-refractivity contribution < 1.29 is 13.2 Å². The highest BCUT2D eigenvalue weighted by molar-refractivity contribution is 7.92. The number of halogens is 1. The van der Waals surface area contributed by atoms with Crippen LogP contribution < -0.4 is 9.62 Å². The van der Waals surface area contributed by atoms with Gasteiger partial charge in [-0.15, -0.1) is 0 Å². The molecule has 146 valence electrons. The lowest BCUT2D eigenvalue weighted by Gasteiger charge is -2.25. The number of anilines is 1. The zero-order valence-electron chi connectivity index (χ0n) is 16.2. The smallest absolute Gasteiger partial charge is 0.264 e. The number of aryl methyl sites for hydroxylation is 1. The van der Waals surface area contributed by atoms with Crippen molar-refractivity contribution in [1.29, 1.82) is 0 Å². The van der Waals surface area contributed by atoms with Crippen molar-refractivity contribution in [2.45, 2.75) is 44.6 Å². The molecule has 0 spiro atoms. The normalized spacial score (nSPS) is 11.9. The second-order valence-electron chi connectivity index (χ2n) is 7.12. The predicted octanol–water partition coefficient (Wildman–Crippen LogP) is 4.39. The Labute approximate surface area is 166 Å². The first-order valence-electron chi connectivity index (χ1n) is 8.65. The Kier molecular flexibility index (Phi) is 6.22. The van der Waals surface area contributed by atoms with E-state index < -0.39 is 10.0 Å². The molecule has 2 aromatic carbocycles. The third-order valence-corrected chi connectivity index (χ3v) is 6.64. The van der Waals surface area contributed by atoms with E-state index in [1.807, 2.05) is 20.8 Å². The molecule has 2 rings (SSSR count). The second-order valence-corrected chi connectivity index (χ2v) is 9.52. The fourth-order valence-electron chi connectivity index (χ4n) is 2.51. The molecule has 1 amide bonds. The number of carbonyl (C=O) groups is 1. The van der Waals surface area contributed by atoms with Crippen molar-refractivity contribution in [3.05, 3.63) is 58.6 Å². The molecule has 0 unspecified atom stereocenters. The highest BCUT2D eigenvalue weighted by Gasteiger charge is 2.24. The summed E-state index contributed by atoms with van der Waals surface area (Å²) in [7, 11) is -2.23. The minimum Gasteiger partial charge on any atom is -0.347 e. The first-order valence-corrected chi connectivity index (χ1v) is 10.5. The molecular weight excluding hydrogens is 384 g/mol. The molecule has 0 aliphatic rings. The Morgan fingerprint density at radius 3 is 2.26 bits per heavy atom. The summed E-state index contributed by atoms with van der Waals surface area (Å²) >= 11 is 5.84. The number of nitrogens with one attached hydrogen (secondary N) is 1. The van der Waals surface area contributed by atoms with Crippen LogP contribution in [0.2, 0.25) is 5.02 Å². The van der Waals surface area contributed by atoms with E-state index in [1.165, 1.54) is 35.6 Å². The number of hydrogen-bond donors (Lipinski definition) is 1. The zero-order chi connectivity index (χ0) is 20.4. The van der Waals surface area contributed by atoms with Crippen LogP contribution in [0, 0.1) is 6.92 Å². The highest BCUT2D eigenvalue weighted by atomic mass is 35.5. The van der Waals surface area contributed by atoms with Crippen LogP contribution in [0.5, 0.6) is 0 Å². The van der Waals surface area contributed by atoms with Gasteiger partial charge in [-0.3, -0.25) is 9.10 Å². The van der Waals surface area contributed by atoms with Crippen molar-refractivity contribution >= 4 is 33.2 Å². The predicted molar refractivity (Wildman–Crippen MR) is 110 cm³/mol. The molecule has 0 aliphatic carbocycles. The van der Waals surface area contributed by atoms with Gasteiger partial charge in [0.05, 0.1) is 10.6 Å². The summed E-state index contributed by atoms with van der Waals surface area (Å²) in [6, 6.07) is 11.0. The van der Waals surface area contributed by atoms with E-state index in [2.05, 4.69) is 5.32 Å². The molecule has 27 heavy (non-hydrogen) atoms. The van der Waals surface area contributed by atoms with Crippen LogP contribution in [0.1, 0.15) is 43.1 Å². The quantitative estimate of drug-likeness (QED) is 0.770. The van der Waals surface area contributed by atoms with Crippen LogP contribution in [0.3, 0.4) is 0 Å². The van der Waals surface area contributed by atoms with Crippen LogP contribution in [-0.4, -0.2) is 26.9 Å². The van der Waals surface area contributed by atoms with Crippen LogP contribution in [0.4, 0.5) is 5.69 Å². The van der Waals surface area contributed by atoms with Crippen LogP contribution >= 0.6 is 11.6 Å². The van der Waals surface area contributed by atoms with Gasteiger partial charge in [0.2, 0.25) is 0 Å². The summed E-state index contributed by atoms with van der Waals surface area (Å²) < 4.78 is 26.9. The number of sulfonamides is 1. The molecule has 0 heterocycles. The molecule has 0 bridgehead atoms. The van der Waals surface area contributed by atoms with Gasteiger partial charge < -0.3 is 5.32 Å². The lowest BCUT2D eigenvalue weighted by atomic mass is 10.0. The lowest BCUT2D eigenvalue weighted by molar-refractivity contribution is 0.0911. The van der Waals surface area contributed by atoms with E-state index in [0.717, 1.165) is 6.42 Å². The monoisotopic (exact) mass is 408 g/mol. The Balaban J connectivity index is 2.31. The van der Waals surface area contributed by atoms with E-state index in [-0.39, 0.29) is 16.3 Å². The van der Waals surface area contributed by atoms with E-state index >= 15 is 0 Å². The minimum absolute atomic E-state index is 0.153. The van der Waals surface area contributed by atoms with E-state index in [0.29, 0.717) is 21.8 Å². The molecule has 0 fully saturated rings. The van der Waals surface area contributed by atoms with Gasteiger partial charge in [-0.1, -0.05) is 18.5 Å². The van der Waals surface area contributed by atoms with Gasteiger partial charge in [0.25, 0.3) is 15.9 Å². The summed E-state index contributed by atoms with van der Waals surface area (Å²) in [5.41, 5.74) is 1.39. The fraction of sp³-hybridized carbons (Fsp3) is 0.350. The molecule has 0 radical (unpaired) electrons. The molecule has 0 aliphatic heterocycles. The van der Waals surface area contributed by atoms with Gasteiger partial charge in [0.15, 0.2) is 0 Å². The minimum atomic E-state index is -3.72. The van der Waals surface area contributed by atoms with Crippen LogP contribution in [0.15, 0.2) is 47.4 Å². The van der Waals surface area contributed by atoms with E-state index in [4.69, 9.17) is 11.6 Å². The topological polar surface area (TPSA) is 66.5 Å². The largest absolute Gasteiger partial charge is 0.347 e. The van der Waals surface area contributed by atoms with Crippen molar-refractivity contribution in [3.8, 4) is 0 Å². The molecular formula is C20H25ClN2O3S. The van der Waals surface area contributed by atoms with Crippen molar-refractivity contribution in [2.75, 3.05) is 11.4 Å². The third-order valence-electron chi connectivity index (χ3n) is 4.61. The summed E-state index contributed by atoms with van der Waals surface area (Å²) in [6.45, 7) is 7.70. The molecule has 7 heteroatoms. The number of amides is 1. The van der Waals surface area contributed by atoms with Gasteiger partial charge in [-0.05, 0) is 75.2 Å². The summed E-state index contributed by atoms with van der Waals surface area (Å²) in [5.74, 6) is -0.181. The Morgan fingerprint density at radius 2 is 1.74 bits per heavy atom. The second kappa shape index (κ2) is 7.90. The molecule has 5 nitrogen and oxygen atoms in total. The first-order chi connectivity index (χ1) is 12.5. The summed E-state index contributed by atoms with van der Waals surface area (Å²) in [4.78, 5) is 12.6. The maximum absolute atomic E-state index is 12.8. The number of rotatable bonds is 6. The van der Waals surface area contributed by atoms with Crippen LogP contribution in [-0.2, 0) is 10.0 Å². The molecule has 0 saturated carbocycles.